The summed E-state index contributed by atoms with van der Waals surface area (Å²) in [6, 6.07) is 5.56. The number of alkyl halides is 3. The number of carbonyl (C=O) groups excluding carboxylic acids is 1. The van der Waals surface area contributed by atoms with E-state index in [4.69, 9.17) is 9.47 Å². The molecule has 0 unspecified atom stereocenters. The van der Waals surface area contributed by atoms with Gasteiger partial charge in [0.1, 0.15) is 5.75 Å². The van der Waals surface area contributed by atoms with Crippen molar-refractivity contribution in [3.05, 3.63) is 29.8 Å². The van der Waals surface area contributed by atoms with Crippen molar-refractivity contribution in [2.45, 2.75) is 18.8 Å². The van der Waals surface area contributed by atoms with Crippen molar-refractivity contribution in [3.8, 4) is 5.75 Å². The van der Waals surface area contributed by atoms with Gasteiger partial charge in [0.2, 0.25) is 5.90 Å². The lowest BCUT2D eigenvalue weighted by atomic mass is 10.1. The third-order valence-electron chi connectivity index (χ3n) is 3.38. The number of halogens is 3. The molecule has 1 aromatic carbocycles. The van der Waals surface area contributed by atoms with Crippen LogP contribution in [0.25, 0.3) is 0 Å². The Labute approximate surface area is 148 Å². The summed E-state index contributed by atoms with van der Waals surface area (Å²) >= 11 is 0. The minimum Gasteiger partial charge on any atom is -0.497 e. The standard InChI is InChI=1S/C16H18F3N3O4/c1-5-25-13(23)15(16(17,18)19)20-12(26-14(21-15)22(2)3)10-6-8-11(24-4)9-7-10/h6-9H,5H2,1-4H3/t15-/m1/s1. The molecule has 0 bridgehead atoms. The van der Waals surface area contributed by atoms with E-state index in [-0.39, 0.29) is 12.2 Å². The molecule has 1 aromatic rings. The number of amidine groups is 1. The molecule has 0 radical (unpaired) electrons. The van der Waals surface area contributed by atoms with Gasteiger partial charge in [0.05, 0.1) is 13.7 Å². The van der Waals surface area contributed by atoms with Crippen LogP contribution < -0.4 is 4.74 Å². The van der Waals surface area contributed by atoms with Gasteiger partial charge in [0.25, 0.3) is 6.02 Å². The topological polar surface area (TPSA) is 72.7 Å². The highest BCUT2D eigenvalue weighted by Gasteiger charge is 2.65. The number of esters is 1. The molecule has 142 valence electrons. The summed E-state index contributed by atoms with van der Waals surface area (Å²) in [4.78, 5) is 20.3. The number of rotatable bonds is 4. The van der Waals surface area contributed by atoms with Crippen molar-refractivity contribution in [2.75, 3.05) is 27.8 Å². The highest BCUT2D eigenvalue weighted by Crippen LogP contribution is 2.39. The van der Waals surface area contributed by atoms with Gasteiger partial charge in [-0.1, -0.05) is 0 Å². The Morgan fingerprint density at radius 3 is 2.31 bits per heavy atom. The Morgan fingerprint density at radius 1 is 1.23 bits per heavy atom. The zero-order valence-electron chi connectivity index (χ0n) is 14.6. The van der Waals surface area contributed by atoms with Crippen LogP contribution in [0.15, 0.2) is 34.3 Å². The highest BCUT2D eigenvalue weighted by molar-refractivity contribution is 6.05. The molecule has 0 aliphatic carbocycles. The molecule has 7 nitrogen and oxygen atoms in total. The first kappa shape index (κ1) is 19.5. The largest absolute Gasteiger partial charge is 0.497 e. The SMILES string of the molecule is CCOC(=O)[C@@]1(C(F)(F)F)N=C(c2ccc(OC)cc2)OC(N(C)C)=N1. The summed E-state index contributed by atoms with van der Waals surface area (Å²) in [5.41, 5.74) is -3.21. The number of carbonyl (C=O) groups is 1. The zero-order chi connectivity index (χ0) is 19.5. The lowest BCUT2D eigenvalue weighted by molar-refractivity contribution is -0.204. The fourth-order valence-corrected chi connectivity index (χ4v) is 2.06. The van der Waals surface area contributed by atoms with Gasteiger partial charge in [0.15, 0.2) is 0 Å². The Balaban J connectivity index is 2.62. The van der Waals surface area contributed by atoms with E-state index >= 15 is 0 Å². The Morgan fingerprint density at radius 2 is 1.85 bits per heavy atom. The molecule has 10 heteroatoms. The summed E-state index contributed by atoms with van der Waals surface area (Å²) in [6.45, 7) is 1.14. The van der Waals surface area contributed by atoms with Crippen molar-refractivity contribution >= 4 is 17.9 Å². The van der Waals surface area contributed by atoms with Gasteiger partial charge < -0.3 is 19.1 Å². The molecule has 1 heterocycles. The average Bonchev–Trinajstić information content (AvgIpc) is 2.60. The van der Waals surface area contributed by atoms with Crippen LogP contribution in [0.2, 0.25) is 0 Å². The molecule has 0 fully saturated rings. The normalized spacial score (nSPS) is 19.8. The molecule has 1 aliphatic heterocycles. The van der Waals surface area contributed by atoms with Gasteiger partial charge in [-0.05, 0) is 31.2 Å². The zero-order valence-corrected chi connectivity index (χ0v) is 14.6. The van der Waals surface area contributed by atoms with E-state index < -0.39 is 29.7 Å². The quantitative estimate of drug-likeness (QED) is 0.757. The van der Waals surface area contributed by atoms with Crippen LogP contribution in [0.4, 0.5) is 13.2 Å². The van der Waals surface area contributed by atoms with Gasteiger partial charge in [-0.15, -0.1) is 0 Å². The highest BCUT2D eigenvalue weighted by atomic mass is 19.4. The Hall–Kier alpha value is -2.78. The molecule has 1 atom stereocenters. The van der Waals surface area contributed by atoms with Crippen LogP contribution in [0.3, 0.4) is 0 Å². The van der Waals surface area contributed by atoms with Gasteiger partial charge in [-0.25, -0.2) is 4.79 Å². The van der Waals surface area contributed by atoms with Crippen LogP contribution in [-0.4, -0.2) is 62.4 Å². The lowest BCUT2D eigenvalue weighted by Gasteiger charge is -2.32. The third-order valence-corrected chi connectivity index (χ3v) is 3.38. The van der Waals surface area contributed by atoms with E-state index in [2.05, 4.69) is 14.7 Å². The molecule has 0 aromatic heterocycles. The van der Waals surface area contributed by atoms with Crippen molar-refractivity contribution in [1.29, 1.82) is 0 Å². The van der Waals surface area contributed by atoms with Gasteiger partial charge in [0, 0.05) is 19.7 Å². The second-order valence-corrected chi connectivity index (χ2v) is 5.43. The van der Waals surface area contributed by atoms with E-state index in [0.29, 0.717) is 5.75 Å². The molecule has 0 amide bonds. The van der Waals surface area contributed by atoms with E-state index in [1.54, 1.807) is 0 Å². The van der Waals surface area contributed by atoms with E-state index in [1.165, 1.54) is 57.3 Å². The molecule has 1 aliphatic rings. The second kappa shape index (κ2) is 7.22. The van der Waals surface area contributed by atoms with Crippen LogP contribution in [-0.2, 0) is 14.3 Å². The van der Waals surface area contributed by atoms with E-state index in [1.807, 2.05) is 0 Å². The van der Waals surface area contributed by atoms with Crippen molar-refractivity contribution in [3.63, 3.8) is 0 Å². The fraction of sp³-hybridized carbons (Fsp3) is 0.438. The maximum atomic E-state index is 13.8. The number of hydrogen-bond acceptors (Lipinski definition) is 7. The maximum Gasteiger partial charge on any atom is 0.446 e. The predicted octanol–water partition coefficient (Wildman–Crippen LogP) is 2.21. The summed E-state index contributed by atoms with van der Waals surface area (Å²) in [5.74, 6) is -1.53. The van der Waals surface area contributed by atoms with E-state index in [9.17, 15) is 18.0 Å². The Kier molecular flexibility index (Phi) is 5.43. The number of nitrogens with zero attached hydrogens (tertiary/aromatic N) is 3. The molecule has 26 heavy (non-hydrogen) atoms. The first-order valence-electron chi connectivity index (χ1n) is 7.58. The van der Waals surface area contributed by atoms with Crippen LogP contribution >= 0.6 is 0 Å². The van der Waals surface area contributed by atoms with Gasteiger partial charge >= 0.3 is 17.8 Å². The predicted molar refractivity (Wildman–Crippen MR) is 87.2 cm³/mol. The number of ether oxygens (including phenoxy) is 3. The third kappa shape index (κ3) is 3.58. The molecule has 0 N–H and O–H groups in total. The maximum absolute atomic E-state index is 13.8. The molecule has 0 spiro atoms. The minimum atomic E-state index is -5.12. The monoisotopic (exact) mass is 373 g/mol. The molecule has 2 rings (SSSR count). The Bertz CT molecular complexity index is 729. The first-order chi connectivity index (χ1) is 12.1. The van der Waals surface area contributed by atoms with Crippen LogP contribution in [0.5, 0.6) is 5.75 Å². The number of methoxy groups -OCH3 is 1. The first-order valence-corrected chi connectivity index (χ1v) is 7.58. The minimum absolute atomic E-state index is 0.220. The van der Waals surface area contributed by atoms with Crippen LogP contribution in [0.1, 0.15) is 12.5 Å². The second-order valence-electron chi connectivity index (χ2n) is 5.43. The number of aliphatic imine (C=N–C) groups is 2. The summed E-state index contributed by atoms with van der Waals surface area (Å²) in [5, 5.41) is 0. The fourth-order valence-electron chi connectivity index (χ4n) is 2.06. The summed E-state index contributed by atoms with van der Waals surface area (Å²) in [6.07, 6.45) is -5.12. The summed E-state index contributed by atoms with van der Waals surface area (Å²) in [7, 11) is 4.32. The molecular formula is C16H18F3N3O4. The van der Waals surface area contributed by atoms with Gasteiger partial charge in [-0.3, -0.25) is 0 Å². The number of hydrogen-bond donors (Lipinski definition) is 0. The van der Waals surface area contributed by atoms with Gasteiger partial charge in [-0.2, -0.15) is 23.2 Å². The smallest absolute Gasteiger partial charge is 0.446 e. The molecule has 0 saturated carbocycles. The molecular weight excluding hydrogens is 355 g/mol. The van der Waals surface area contributed by atoms with E-state index in [0.717, 1.165) is 0 Å². The molecule has 0 saturated heterocycles. The lowest BCUT2D eigenvalue weighted by Crippen LogP contribution is -2.54. The van der Waals surface area contributed by atoms with Crippen molar-refractivity contribution < 1.29 is 32.2 Å². The summed E-state index contributed by atoms with van der Waals surface area (Å²) < 4.78 is 56.4. The number of benzene rings is 1. The van der Waals surface area contributed by atoms with Crippen molar-refractivity contribution in [2.24, 2.45) is 9.98 Å². The van der Waals surface area contributed by atoms with Crippen molar-refractivity contribution in [1.82, 2.24) is 4.90 Å². The average molecular weight is 373 g/mol. The van der Waals surface area contributed by atoms with Crippen LogP contribution in [0, 0.1) is 0 Å².